The van der Waals surface area contributed by atoms with Gasteiger partial charge in [-0.1, -0.05) is 84.0 Å². The van der Waals surface area contributed by atoms with Crippen molar-refractivity contribution in [3.05, 3.63) is 0 Å². The molecule has 30 heavy (non-hydrogen) atoms. The van der Waals surface area contributed by atoms with E-state index in [1.165, 1.54) is 127 Å². The summed E-state index contributed by atoms with van der Waals surface area (Å²) in [4.78, 5) is 12.2. The van der Waals surface area contributed by atoms with Gasteiger partial charge in [-0.15, -0.1) is 0 Å². The minimum absolute atomic E-state index is 0.0497. The van der Waals surface area contributed by atoms with Crippen LogP contribution < -0.4 is 0 Å². The summed E-state index contributed by atoms with van der Waals surface area (Å²) in [5, 5.41) is 0. The van der Waals surface area contributed by atoms with Gasteiger partial charge in [0, 0.05) is 18.8 Å². The first-order valence-electron chi connectivity index (χ1n) is 13.7. The number of piperidine rings is 2. The molecule has 2 saturated heterocycles. The molecule has 0 bridgehead atoms. The summed E-state index contributed by atoms with van der Waals surface area (Å²) in [5.41, 5.74) is 0. The predicted octanol–water partition coefficient (Wildman–Crippen LogP) is 7.42. The zero-order chi connectivity index (χ0) is 21.5. The smallest absolute Gasteiger partial charge is 0.305 e. The molecule has 2 aliphatic heterocycles. The van der Waals surface area contributed by atoms with Gasteiger partial charge in [0.25, 0.3) is 0 Å². The quantitative estimate of drug-likeness (QED) is 0.147. The van der Waals surface area contributed by atoms with Crippen molar-refractivity contribution in [2.24, 2.45) is 5.92 Å². The van der Waals surface area contributed by atoms with Gasteiger partial charge in [0.15, 0.2) is 0 Å². The van der Waals surface area contributed by atoms with Crippen LogP contribution in [0.3, 0.4) is 0 Å². The Morgan fingerprint density at radius 3 is 1.97 bits per heavy atom. The number of quaternary nitrogens is 1. The van der Waals surface area contributed by atoms with Crippen LogP contribution in [0, 0.1) is 5.92 Å². The van der Waals surface area contributed by atoms with Crippen molar-refractivity contribution in [3.8, 4) is 0 Å². The highest BCUT2D eigenvalue weighted by molar-refractivity contribution is 5.69. The van der Waals surface area contributed by atoms with Crippen molar-refractivity contribution in [1.82, 2.24) is 0 Å². The van der Waals surface area contributed by atoms with Gasteiger partial charge in [-0.3, -0.25) is 4.79 Å². The van der Waals surface area contributed by atoms with Crippen LogP contribution in [0.15, 0.2) is 0 Å². The first-order chi connectivity index (χ1) is 14.7. The van der Waals surface area contributed by atoms with Crippen molar-refractivity contribution in [2.75, 3.05) is 26.7 Å². The van der Waals surface area contributed by atoms with Gasteiger partial charge in [0.05, 0.1) is 32.8 Å². The number of fused-ring (bicyclic) bond motifs is 1. The summed E-state index contributed by atoms with van der Waals surface area (Å²) in [6.45, 7) is 5.61. The number of nitrogens with zero attached hydrogens (tertiary/aromatic N) is 1. The second-order valence-corrected chi connectivity index (χ2v) is 10.6. The van der Waals surface area contributed by atoms with E-state index in [-0.39, 0.29) is 5.97 Å². The van der Waals surface area contributed by atoms with Crippen LogP contribution >= 0.6 is 0 Å². The van der Waals surface area contributed by atoms with Crippen molar-refractivity contribution in [2.45, 2.75) is 135 Å². The molecule has 3 heteroatoms. The zero-order valence-corrected chi connectivity index (χ0v) is 20.5. The van der Waals surface area contributed by atoms with Crippen LogP contribution in [0.1, 0.15) is 129 Å². The third-order valence-corrected chi connectivity index (χ3v) is 7.95. The van der Waals surface area contributed by atoms with Crippen LogP contribution in [-0.2, 0) is 9.53 Å². The van der Waals surface area contributed by atoms with Crippen LogP contribution in [0.25, 0.3) is 0 Å². The van der Waals surface area contributed by atoms with Gasteiger partial charge < -0.3 is 9.22 Å². The molecule has 0 N–H and O–H groups in total. The van der Waals surface area contributed by atoms with Gasteiger partial charge in [0.1, 0.15) is 0 Å². The second kappa shape index (κ2) is 15.3. The van der Waals surface area contributed by atoms with Crippen LogP contribution in [0.4, 0.5) is 0 Å². The number of rotatable bonds is 16. The molecule has 2 fully saturated rings. The van der Waals surface area contributed by atoms with Gasteiger partial charge in [0.2, 0.25) is 0 Å². The van der Waals surface area contributed by atoms with E-state index >= 15 is 0 Å². The van der Waals surface area contributed by atoms with Gasteiger partial charge in [-0.05, 0) is 32.1 Å². The van der Waals surface area contributed by atoms with Gasteiger partial charge in [-0.25, -0.2) is 0 Å². The Kier molecular flexibility index (Phi) is 13.1. The predicted molar refractivity (Wildman–Crippen MR) is 128 cm³/mol. The van der Waals surface area contributed by atoms with Crippen molar-refractivity contribution < 1.29 is 14.0 Å². The lowest BCUT2D eigenvalue weighted by molar-refractivity contribution is -0.947. The fourth-order valence-corrected chi connectivity index (χ4v) is 5.99. The Bertz CT molecular complexity index is 448. The third-order valence-electron chi connectivity index (χ3n) is 7.95. The molecule has 2 aliphatic rings. The maximum absolute atomic E-state index is 12.2. The lowest BCUT2D eigenvalue weighted by Crippen LogP contribution is -2.61. The van der Waals surface area contributed by atoms with Crippen LogP contribution in [-0.4, -0.2) is 43.2 Å². The summed E-state index contributed by atoms with van der Waals surface area (Å²) < 4.78 is 6.97. The van der Waals surface area contributed by atoms with E-state index in [0.717, 1.165) is 12.5 Å². The monoisotopic (exact) mass is 422 g/mol. The molecule has 0 aromatic heterocycles. The van der Waals surface area contributed by atoms with Crippen molar-refractivity contribution in [1.29, 1.82) is 0 Å². The van der Waals surface area contributed by atoms with Crippen LogP contribution in [0.5, 0.6) is 0 Å². The summed E-state index contributed by atoms with van der Waals surface area (Å²) in [7, 11) is 2.44. The van der Waals surface area contributed by atoms with Gasteiger partial charge in [-0.2, -0.15) is 0 Å². The molecule has 3 atom stereocenters. The normalized spacial score (nSPS) is 26.3. The molecule has 0 unspecified atom stereocenters. The number of unbranched alkanes of at least 4 members (excludes halogenated alkanes) is 12. The first kappa shape index (κ1) is 25.7. The first-order valence-corrected chi connectivity index (χ1v) is 13.7. The second-order valence-electron chi connectivity index (χ2n) is 10.6. The molecular formula is C27H52NO2+. The molecule has 3 nitrogen and oxygen atoms in total. The molecule has 0 amide bonds. The lowest BCUT2D eigenvalue weighted by atomic mass is 9.82. The van der Waals surface area contributed by atoms with E-state index in [0.29, 0.717) is 18.9 Å². The molecule has 0 aromatic rings. The summed E-state index contributed by atoms with van der Waals surface area (Å²) >= 11 is 0. The van der Waals surface area contributed by atoms with E-state index in [9.17, 15) is 4.79 Å². The fraction of sp³-hybridized carbons (Fsp3) is 0.963. The maximum atomic E-state index is 12.2. The number of carbonyl (C=O) groups excluding carboxylic acids is 1. The third kappa shape index (κ3) is 9.71. The Hall–Kier alpha value is -0.570. The molecule has 176 valence electrons. The summed E-state index contributed by atoms with van der Waals surface area (Å²) in [5.74, 6) is 0.647. The standard InChI is InChI=1S/C27H52NO2/c1-3-4-5-6-7-8-9-10-11-12-13-14-15-21-27(29)30-24-25-19-18-23-28(2)22-17-16-20-26(25)28/h25-26H,3-24H2,1-2H3/q+1/t25-,26+,28+/m0/s1. The Morgan fingerprint density at radius 2 is 1.33 bits per heavy atom. The van der Waals surface area contributed by atoms with Crippen molar-refractivity contribution in [3.63, 3.8) is 0 Å². The Balaban J connectivity index is 1.41. The molecule has 2 heterocycles. The number of hydrogen-bond donors (Lipinski definition) is 0. The molecule has 0 saturated carbocycles. The molecule has 2 rings (SSSR count). The SMILES string of the molecule is CCCCCCCCCCCCCCCC(=O)OC[C@@H]1CCC[N@@+]2(C)CCCC[C@H]12. The van der Waals surface area contributed by atoms with E-state index in [2.05, 4.69) is 14.0 Å². The fourth-order valence-electron chi connectivity index (χ4n) is 5.99. The highest BCUT2D eigenvalue weighted by Crippen LogP contribution is 2.36. The molecule has 0 aliphatic carbocycles. The van der Waals surface area contributed by atoms with E-state index in [1.807, 2.05) is 0 Å². The average Bonchev–Trinajstić information content (AvgIpc) is 2.75. The summed E-state index contributed by atoms with van der Waals surface area (Å²) in [6, 6.07) is 0.733. The largest absolute Gasteiger partial charge is 0.465 e. The van der Waals surface area contributed by atoms with E-state index in [4.69, 9.17) is 4.74 Å². The van der Waals surface area contributed by atoms with Crippen LogP contribution in [0.2, 0.25) is 0 Å². The highest BCUT2D eigenvalue weighted by Gasteiger charge is 2.43. The molecule has 0 spiro atoms. The number of carbonyl (C=O) groups is 1. The number of ether oxygens (including phenoxy) is 1. The summed E-state index contributed by atoms with van der Waals surface area (Å²) in [6.07, 6.45) is 24.7. The van der Waals surface area contributed by atoms with Crippen molar-refractivity contribution >= 4 is 5.97 Å². The lowest BCUT2D eigenvalue weighted by Gasteiger charge is -2.51. The number of hydrogen-bond acceptors (Lipinski definition) is 2. The minimum Gasteiger partial charge on any atom is -0.465 e. The Labute approximate surface area is 187 Å². The number of esters is 1. The Morgan fingerprint density at radius 1 is 0.767 bits per heavy atom. The zero-order valence-electron chi connectivity index (χ0n) is 20.5. The highest BCUT2D eigenvalue weighted by atomic mass is 16.5. The van der Waals surface area contributed by atoms with E-state index < -0.39 is 0 Å². The molecule has 0 radical (unpaired) electrons. The van der Waals surface area contributed by atoms with Gasteiger partial charge >= 0.3 is 5.97 Å². The molecule has 0 aromatic carbocycles. The average molecular weight is 423 g/mol. The molecular weight excluding hydrogens is 370 g/mol. The van der Waals surface area contributed by atoms with E-state index in [1.54, 1.807) is 0 Å². The minimum atomic E-state index is 0.0497. The maximum Gasteiger partial charge on any atom is 0.305 e. The topological polar surface area (TPSA) is 26.3 Å².